The van der Waals surface area contributed by atoms with Crippen LogP contribution in [0.3, 0.4) is 0 Å². The highest BCUT2D eigenvalue weighted by Gasteiger charge is 2.34. The van der Waals surface area contributed by atoms with Gasteiger partial charge in [-0.05, 0) is 44.2 Å². The molecule has 8 heteroatoms. The number of ether oxygens (including phenoxy) is 1. The third kappa shape index (κ3) is 4.89. The average molecular weight is 474 g/mol. The molecule has 0 radical (unpaired) electrons. The van der Waals surface area contributed by atoms with Gasteiger partial charge in [-0.2, -0.15) is 0 Å². The first-order valence-corrected chi connectivity index (χ1v) is 12.4. The largest absolute Gasteiger partial charge is 0.444 e. The van der Waals surface area contributed by atoms with Crippen molar-refractivity contribution in [1.82, 2.24) is 14.9 Å². The van der Waals surface area contributed by atoms with Crippen LogP contribution in [0.5, 0.6) is 0 Å². The van der Waals surface area contributed by atoms with Gasteiger partial charge >= 0.3 is 6.09 Å². The number of hydrogen-bond donors (Lipinski definition) is 0. The lowest BCUT2D eigenvalue weighted by molar-refractivity contribution is 0.0215. The molecule has 4 rings (SSSR count). The van der Waals surface area contributed by atoms with Crippen molar-refractivity contribution >= 4 is 40.8 Å². The summed E-state index contributed by atoms with van der Waals surface area (Å²) in [4.78, 5) is 25.8. The minimum Gasteiger partial charge on any atom is -0.444 e. The molecule has 31 heavy (non-hydrogen) atoms. The van der Waals surface area contributed by atoms with Gasteiger partial charge in [0, 0.05) is 17.3 Å². The second-order valence-electron chi connectivity index (χ2n) is 8.38. The van der Waals surface area contributed by atoms with E-state index in [4.69, 9.17) is 16.3 Å². The number of amides is 1. The number of fused-ring (bicyclic) bond motifs is 1. The number of aromatic nitrogens is 2. The lowest BCUT2D eigenvalue weighted by Crippen LogP contribution is -2.41. The van der Waals surface area contributed by atoms with Crippen molar-refractivity contribution in [2.75, 3.05) is 12.8 Å². The van der Waals surface area contributed by atoms with Crippen LogP contribution in [0.1, 0.15) is 42.7 Å². The van der Waals surface area contributed by atoms with Gasteiger partial charge in [-0.15, -0.1) is 11.3 Å². The maximum Gasteiger partial charge on any atom is 0.410 e. The highest BCUT2D eigenvalue weighted by molar-refractivity contribution is 7.98. The predicted octanol–water partition coefficient (Wildman–Crippen LogP) is 6.46. The van der Waals surface area contributed by atoms with Crippen molar-refractivity contribution in [2.45, 2.75) is 44.0 Å². The Morgan fingerprint density at radius 1 is 1.29 bits per heavy atom. The fourth-order valence-electron chi connectivity index (χ4n) is 3.58. The number of benzene rings is 1. The summed E-state index contributed by atoms with van der Waals surface area (Å²) in [6.45, 7) is 6.73. The normalized spacial score (nSPS) is 16.2. The quantitative estimate of drug-likeness (QED) is 0.322. The Labute approximate surface area is 195 Å². The zero-order valence-electron chi connectivity index (χ0n) is 17.9. The lowest BCUT2D eigenvalue weighted by Gasteiger charge is -2.34. The molecule has 1 aliphatic rings. The Hall–Kier alpha value is -2.09. The molecule has 0 spiro atoms. The van der Waals surface area contributed by atoms with Gasteiger partial charge in [0.05, 0.1) is 22.6 Å². The summed E-state index contributed by atoms with van der Waals surface area (Å²) in [5.74, 6) is 0.0665. The van der Waals surface area contributed by atoms with Gasteiger partial charge in [0.2, 0.25) is 0 Å². The highest BCUT2D eigenvalue weighted by Crippen LogP contribution is 2.43. The van der Waals surface area contributed by atoms with Gasteiger partial charge in [0.15, 0.2) is 5.16 Å². The first-order valence-electron chi connectivity index (χ1n) is 9.97. The predicted molar refractivity (Wildman–Crippen MR) is 127 cm³/mol. The zero-order chi connectivity index (χ0) is 22.2. The fourth-order valence-corrected chi connectivity index (χ4v) is 5.47. The van der Waals surface area contributed by atoms with Crippen LogP contribution in [-0.4, -0.2) is 39.4 Å². The SMILES string of the molecule is CSc1ncc(Cl)c(-c2cc3c(s2)C(c2ccccc2)CN(C(=O)OC(C)(C)C)C3)n1. The second-order valence-corrected chi connectivity index (χ2v) is 10.6. The van der Waals surface area contributed by atoms with Crippen molar-refractivity contribution < 1.29 is 9.53 Å². The van der Waals surface area contributed by atoms with Crippen molar-refractivity contribution in [1.29, 1.82) is 0 Å². The molecule has 0 saturated heterocycles. The number of halogens is 1. The summed E-state index contributed by atoms with van der Waals surface area (Å²) >= 11 is 9.62. The topological polar surface area (TPSA) is 55.3 Å². The van der Waals surface area contributed by atoms with Crippen molar-refractivity contribution in [3.8, 4) is 10.6 Å². The maximum absolute atomic E-state index is 12.9. The van der Waals surface area contributed by atoms with E-state index in [0.717, 1.165) is 16.1 Å². The third-order valence-corrected chi connectivity index (χ3v) is 7.05. The van der Waals surface area contributed by atoms with Crippen molar-refractivity contribution in [2.24, 2.45) is 0 Å². The van der Waals surface area contributed by atoms with Crippen LogP contribution < -0.4 is 0 Å². The first-order chi connectivity index (χ1) is 14.7. The molecule has 0 saturated carbocycles. The van der Waals surface area contributed by atoms with Crippen LogP contribution in [0.2, 0.25) is 5.02 Å². The van der Waals surface area contributed by atoms with E-state index in [1.165, 1.54) is 22.2 Å². The van der Waals surface area contributed by atoms with Crippen LogP contribution in [0.25, 0.3) is 10.6 Å². The Balaban J connectivity index is 1.76. The number of nitrogens with zero attached hydrogens (tertiary/aromatic N) is 3. The monoisotopic (exact) mass is 473 g/mol. The van der Waals surface area contributed by atoms with E-state index < -0.39 is 5.60 Å². The smallest absolute Gasteiger partial charge is 0.410 e. The summed E-state index contributed by atoms with van der Waals surface area (Å²) in [7, 11) is 0. The van der Waals surface area contributed by atoms with Gasteiger partial charge in [0.25, 0.3) is 0 Å². The lowest BCUT2D eigenvalue weighted by atomic mass is 9.91. The molecule has 1 aromatic carbocycles. The number of carbonyl (C=O) groups excluding carboxylic acids is 1. The van der Waals surface area contributed by atoms with E-state index in [0.29, 0.717) is 23.3 Å². The van der Waals surface area contributed by atoms with E-state index in [9.17, 15) is 4.79 Å². The van der Waals surface area contributed by atoms with Gasteiger partial charge in [-0.3, -0.25) is 0 Å². The average Bonchev–Trinajstić information content (AvgIpc) is 3.16. The molecule has 2 aromatic heterocycles. The number of carbonyl (C=O) groups is 1. The molecule has 162 valence electrons. The minimum atomic E-state index is -0.540. The first kappa shape index (κ1) is 22.1. The number of thioether (sulfide) groups is 1. The van der Waals surface area contributed by atoms with Crippen LogP contribution in [0.4, 0.5) is 4.79 Å². The molecule has 3 aromatic rings. The van der Waals surface area contributed by atoms with Crippen LogP contribution in [-0.2, 0) is 11.3 Å². The van der Waals surface area contributed by atoms with Gasteiger partial charge in [-0.1, -0.05) is 53.7 Å². The molecule has 3 heterocycles. The van der Waals surface area contributed by atoms with Crippen molar-refractivity contribution in [3.63, 3.8) is 0 Å². The minimum absolute atomic E-state index is 0.0665. The molecule has 0 aliphatic carbocycles. The molecule has 1 amide bonds. The zero-order valence-corrected chi connectivity index (χ0v) is 20.3. The standard InChI is InChI=1S/C23H24ClN3O2S2/c1-23(2,3)29-22(28)27-12-15-10-18(19-17(24)11-25-21(26-19)30-4)31-20(15)16(13-27)14-8-6-5-7-9-14/h5-11,16H,12-13H2,1-4H3. The number of thiophene rings is 1. The molecule has 1 unspecified atom stereocenters. The molecule has 0 N–H and O–H groups in total. The summed E-state index contributed by atoms with van der Waals surface area (Å²) < 4.78 is 5.66. The molecule has 5 nitrogen and oxygen atoms in total. The summed E-state index contributed by atoms with van der Waals surface area (Å²) in [5.41, 5.74) is 2.47. The number of rotatable bonds is 3. The van der Waals surface area contributed by atoms with Crippen LogP contribution in [0.15, 0.2) is 47.8 Å². The van der Waals surface area contributed by atoms with E-state index in [-0.39, 0.29) is 12.0 Å². The number of hydrogen-bond acceptors (Lipinski definition) is 6. The molecular formula is C23H24ClN3O2S2. The Kier molecular flexibility index (Phi) is 6.28. The van der Waals surface area contributed by atoms with Gasteiger partial charge in [0.1, 0.15) is 11.3 Å². The summed E-state index contributed by atoms with van der Waals surface area (Å²) in [6, 6.07) is 12.4. The Bertz CT molecular complexity index is 1100. The highest BCUT2D eigenvalue weighted by atomic mass is 35.5. The van der Waals surface area contributed by atoms with Gasteiger partial charge < -0.3 is 9.64 Å². The molecule has 0 bridgehead atoms. The Morgan fingerprint density at radius 3 is 2.71 bits per heavy atom. The molecule has 1 atom stereocenters. The van der Waals surface area contributed by atoms with Crippen LogP contribution in [0, 0.1) is 0 Å². The third-order valence-electron chi connectivity index (χ3n) is 4.91. The van der Waals surface area contributed by atoms with E-state index in [1.54, 1.807) is 22.4 Å². The molecular weight excluding hydrogens is 450 g/mol. The van der Waals surface area contributed by atoms with E-state index in [2.05, 4.69) is 28.2 Å². The van der Waals surface area contributed by atoms with Gasteiger partial charge in [-0.25, -0.2) is 14.8 Å². The summed E-state index contributed by atoms with van der Waals surface area (Å²) in [6.07, 6.45) is 3.30. The molecule has 0 fully saturated rings. The molecule has 1 aliphatic heterocycles. The van der Waals surface area contributed by atoms with E-state index >= 15 is 0 Å². The second kappa shape index (κ2) is 8.81. The Morgan fingerprint density at radius 2 is 2.03 bits per heavy atom. The fraction of sp³-hybridized carbons (Fsp3) is 0.348. The van der Waals surface area contributed by atoms with Crippen molar-refractivity contribution in [3.05, 3.63) is 63.6 Å². The van der Waals surface area contributed by atoms with E-state index in [1.807, 2.05) is 45.2 Å². The van der Waals surface area contributed by atoms with Crippen LogP contribution >= 0.6 is 34.7 Å². The summed E-state index contributed by atoms with van der Waals surface area (Å²) in [5, 5.41) is 1.21. The maximum atomic E-state index is 12.9.